The summed E-state index contributed by atoms with van der Waals surface area (Å²) in [6.45, 7) is 6.66. The Kier molecular flexibility index (Phi) is 8.95. The number of hydrogen-bond acceptors (Lipinski definition) is 6. The van der Waals surface area contributed by atoms with Gasteiger partial charge in [0.05, 0.1) is 5.69 Å². The van der Waals surface area contributed by atoms with E-state index in [0.717, 1.165) is 16.8 Å². The van der Waals surface area contributed by atoms with Crippen LogP contribution in [0.2, 0.25) is 0 Å². The molecule has 0 unspecified atom stereocenters. The lowest BCUT2D eigenvalue weighted by molar-refractivity contribution is 0.0982. The van der Waals surface area contributed by atoms with Gasteiger partial charge in [0.2, 0.25) is 0 Å². The largest absolute Gasteiger partial charge is 0.336 e. The van der Waals surface area contributed by atoms with Crippen molar-refractivity contribution in [2.45, 2.75) is 20.8 Å². The van der Waals surface area contributed by atoms with Crippen LogP contribution < -0.4 is 21.1 Å². The number of carbonyl (C=O) groups is 2. The van der Waals surface area contributed by atoms with Gasteiger partial charge in [-0.3, -0.25) is 19.4 Å². The summed E-state index contributed by atoms with van der Waals surface area (Å²) < 4.78 is 1.48. The predicted molar refractivity (Wildman–Crippen MR) is 175 cm³/mol. The van der Waals surface area contributed by atoms with Gasteiger partial charge in [-0.05, 0) is 66.9 Å². The van der Waals surface area contributed by atoms with E-state index in [1.807, 2.05) is 60.4 Å². The van der Waals surface area contributed by atoms with Gasteiger partial charge in [0.1, 0.15) is 0 Å². The van der Waals surface area contributed by atoms with E-state index in [1.165, 1.54) is 4.57 Å². The summed E-state index contributed by atoms with van der Waals surface area (Å²) in [6.07, 6.45) is 4.81. The van der Waals surface area contributed by atoms with E-state index in [9.17, 15) is 14.4 Å². The summed E-state index contributed by atoms with van der Waals surface area (Å²) in [6, 6.07) is 25.4. The first kappa shape index (κ1) is 29.9. The van der Waals surface area contributed by atoms with Crippen LogP contribution in [0, 0.1) is 12.8 Å². The Morgan fingerprint density at radius 3 is 2.32 bits per heavy atom. The zero-order valence-electron chi connectivity index (χ0n) is 25.1. The number of nitrogens with zero attached hydrogens (tertiary/aromatic N) is 4. The molecule has 0 saturated carbocycles. The molecule has 0 atom stereocenters. The van der Waals surface area contributed by atoms with Crippen molar-refractivity contribution in [1.29, 1.82) is 0 Å². The molecule has 0 aliphatic carbocycles. The number of aromatic nitrogens is 3. The standard InChI is InChI=1S/C35H34N6O3/c1-23(2)21-41(34(43)26-10-6-5-7-11-26)31-15-9-14-29(24(31)3)30-22-40(4)35(44)32(39-30)37-27-12-8-13-28(20-27)38-33(42)25-16-18-36-19-17-25/h5-20,22-23H,21H2,1-4H3,(H,37,39)(H,38,42). The summed E-state index contributed by atoms with van der Waals surface area (Å²) in [5.41, 5.74) is 4.96. The van der Waals surface area contributed by atoms with Crippen molar-refractivity contribution in [3.05, 3.63) is 131 Å². The van der Waals surface area contributed by atoms with Gasteiger partial charge in [-0.25, -0.2) is 4.98 Å². The van der Waals surface area contributed by atoms with Gasteiger partial charge in [-0.15, -0.1) is 0 Å². The third-order valence-corrected chi connectivity index (χ3v) is 7.08. The van der Waals surface area contributed by atoms with Gasteiger partial charge in [0.15, 0.2) is 5.82 Å². The number of rotatable bonds is 9. The van der Waals surface area contributed by atoms with Crippen LogP contribution in [-0.2, 0) is 7.05 Å². The first-order chi connectivity index (χ1) is 21.2. The highest BCUT2D eigenvalue weighted by Crippen LogP contribution is 2.32. The second-order valence-corrected chi connectivity index (χ2v) is 10.9. The molecule has 2 aromatic heterocycles. The maximum atomic E-state index is 13.6. The lowest BCUT2D eigenvalue weighted by Gasteiger charge is -2.27. The van der Waals surface area contributed by atoms with Crippen LogP contribution in [0.5, 0.6) is 0 Å². The smallest absolute Gasteiger partial charge is 0.293 e. The average molecular weight is 587 g/mol. The van der Waals surface area contributed by atoms with Crippen LogP contribution in [0.4, 0.5) is 22.9 Å². The minimum atomic E-state index is -0.311. The fourth-order valence-electron chi connectivity index (χ4n) is 4.92. The van der Waals surface area contributed by atoms with E-state index < -0.39 is 0 Å². The Labute approximate surface area is 256 Å². The average Bonchev–Trinajstić information content (AvgIpc) is 3.03. The molecule has 222 valence electrons. The molecular weight excluding hydrogens is 552 g/mol. The van der Waals surface area contributed by atoms with E-state index in [4.69, 9.17) is 4.98 Å². The molecule has 9 heteroatoms. The normalized spacial score (nSPS) is 10.8. The van der Waals surface area contributed by atoms with Gasteiger partial charge >= 0.3 is 0 Å². The minimum absolute atomic E-state index is 0.0776. The molecule has 0 spiro atoms. The van der Waals surface area contributed by atoms with Crippen molar-refractivity contribution < 1.29 is 9.59 Å². The zero-order valence-corrected chi connectivity index (χ0v) is 25.1. The number of anilines is 4. The molecule has 5 aromatic rings. The Hall–Kier alpha value is -5.57. The van der Waals surface area contributed by atoms with Crippen molar-refractivity contribution in [2.24, 2.45) is 13.0 Å². The van der Waals surface area contributed by atoms with Crippen LogP contribution in [0.1, 0.15) is 40.1 Å². The molecule has 44 heavy (non-hydrogen) atoms. The summed E-state index contributed by atoms with van der Waals surface area (Å²) in [5.74, 6) is 0.0219. The molecule has 0 fully saturated rings. The maximum Gasteiger partial charge on any atom is 0.293 e. The molecule has 0 saturated heterocycles. The number of hydrogen-bond donors (Lipinski definition) is 2. The topological polar surface area (TPSA) is 109 Å². The molecule has 0 radical (unpaired) electrons. The number of aryl methyl sites for hydroxylation is 1. The van der Waals surface area contributed by atoms with E-state index in [-0.39, 0.29) is 29.1 Å². The van der Waals surface area contributed by atoms with Crippen molar-refractivity contribution >= 4 is 34.7 Å². The number of amides is 2. The molecule has 2 amide bonds. The lowest BCUT2D eigenvalue weighted by Crippen LogP contribution is -2.34. The zero-order chi connectivity index (χ0) is 31.2. The van der Waals surface area contributed by atoms with Gasteiger partial charge in [0, 0.05) is 65.9 Å². The van der Waals surface area contributed by atoms with Crippen molar-refractivity contribution in [3.8, 4) is 11.3 Å². The molecular formula is C35H34N6O3. The number of carbonyl (C=O) groups excluding carboxylic acids is 2. The maximum absolute atomic E-state index is 13.6. The highest BCUT2D eigenvalue weighted by atomic mass is 16.2. The van der Waals surface area contributed by atoms with Crippen molar-refractivity contribution in [3.63, 3.8) is 0 Å². The quantitative estimate of drug-likeness (QED) is 0.206. The Bertz CT molecular complexity index is 1850. The third kappa shape index (κ3) is 6.73. The summed E-state index contributed by atoms with van der Waals surface area (Å²) in [4.78, 5) is 49.9. The monoisotopic (exact) mass is 586 g/mol. The fourth-order valence-corrected chi connectivity index (χ4v) is 4.92. The molecule has 2 N–H and O–H groups in total. The molecule has 3 aromatic carbocycles. The second-order valence-electron chi connectivity index (χ2n) is 10.9. The lowest BCUT2D eigenvalue weighted by atomic mass is 10.0. The summed E-state index contributed by atoms with van der Waals surface area (Å²) in [5, 5.41) is 5.99. The van der Waals surface area contributed by atoms with Crippen LogP contribution in [0.25, 0.3) is 11.3 Å². The summed E-state index contributed by atoms with van der Waals surface area (Å²) >= 11 is 0. The van der Waals surface area contributed by atoms with Crippen molar-refractivity contribution in [2.75, 3.05) is 22.1 Å². The van der Waals surface area contributed by atoms with Crippen LogP contribution in [-0.4, -0.2) is 32.9 Å². The molecule has 0 bridgehead atoms. The first-order valence-corrected chi connectivity index (χ1v) is 14.3. The van der Waals surface area contributed by atoms with Crippen LogP contribution in [0.3, 0.4) is 0 Å². The molecule has 0 aliphatic rings. The van der Waals surface area contributed by atoms with Gasteiger partial charge in [0.25, 0.3) is 17.4 Å². The molecule has 9 nitrogen and oxygen atoms in total. The molecule has 2 heterocycles. The number of benzene rings is 3. The number of nitrogens with one attached hydrogen (secondary N) is 2. The fraction of sp³-hybridized carbons (Fsp3) is 0.171. The predicted octanol–water partition coefficient (Wildman–Crippen LogP) is 6.45. The Morgan fingerprint density at radius 2 is 1.59 bits per heavy atom. The summed E-state index contributed by atoms with van der Waals surface area (Å²) in [7, 11) is 1.67. The SMILES string of the molecule is Cc1c(-c2cn(C)c(=O)c(Nc3cccc(NC(=O)c4ccncc4)c3)n2)cccc1N(CC(C)C)C(=O)c1ccccc1. The van der Waals surface area contributed by atoms with Gasteiger partial charge < -0.3 is 20.1 Å². The Morgan fingerprint density at radius 1 is 0.886 bits per heavy atom. The van der Waals surface area contributed by atoms with E-state index >= 15 is 0 Å². The van der Waals surface area contributed by atoms with Gasteiger partial charge in [-0.2, -0.15) is 0 Å². The van der Waals surface area contributed by atoms with Crippen LogP contribution >= 0.6 is 0 Å². The molecule has 0 aliphatic heterocycles. The number of pyridine rings is 1. The van der Waals surface area contributed by atoms with Gasteiger partial charge in [-0.1, -0.05) is 50.2 Å². The van der Waals surface area contributed by atoms with Crippen molar-refractivity contribution in [1.82, 2.24) is 14.5 Å². The van der Waals surface area contributed by atoms with Crippen LogP contribution in [0.15, 0.2) is 108 Å². The van der Waals surface area contributed by atoms with E-state index in [1.54, 1.807) is 62.0 Å². The first-order valence-electron chi connectivity index (χ1n) is 14.3. The van der Waals surface area contributed by atoms with E-state index in [0.29, 0.717) is 34.7 Å². The minimum Gasteiger partial charge on any atom is -0.336 e. The third-order valence-electron chi connectivity index (χ3n) is 7.08. The Balaban J connectivity index is 1.46. The highest BCUT2D eigenvalue weighted by molar-refractivity contribution is 6.07. The van der Waals surface area contributed by atoms with E-state index in [2.05, 4.69) is 29.5 Å². The molecule has 5 rings (SSSR count). The highest BCUT2D eigenvalue weighted by Gasteiger charge is 2.22. The second kappa shape index (κ2) is 13.2.